The molecule has 0 bridgehead atoms. The zero-order valence-corrected chi connectivity index (χ0v) is 9.20. The number of phenolic OH excluding ortho intramolecular Hbond substituents is 1. The third kappa shape index (κ3) is 1.80. The number of pyridine rings is 1. The summed E-state index contributed by atoms with van der Waals surface area (Å²) in [5.74, 6) is 0.217. The Balaban J connectivity index is 2.70. The van der Waals surface area contributed by atoms with E-state index in [1.54, 1.807) is 12.1 Å². The van der Waals surface area contributed by atoms with Crippen LogP contribution in [0.5, 0.6) is 5.75 Å². The van der Waals surface area contributed by atoms with Crippen molar-refractivity contribution in [3.8, 4) is 5.75 Å². The van der Waals surface area contributed by atoms with E-state index >= 15 is 0 Å². The van der Waals surface area contributed by atoms with Gasteiger partial charge in [-0.1, -0.05) is 26.8 Å². The van der Waals surface area contributed by atoms with Gasteiger partial charge >= 0.3 is 0 Å². The molecule has 0 spiro atoms. The van der Waals surface area contributed by atoms with Gasteiger partial charge in [0, 0.05) is 16.5 Å². The lowest BCUT2D eigenvalue weighted by Gasteiger charge is -2.18. The Morgan fingerprint density at radius 1 is 1.20 bits per heavy atom. The van der Waals surface area contributed by atoms with E-state index in [2.05, 4.69) is 31.8 Å². The molecule has 1 aromatic carbocycles. The van der Waals surface area contributed by atoms with Crippen LogP contribution in [0.2, 0.25) is 0 Å². The number of aromatic nitrogens is 1. The van der Waals surface area contributed by atoms with Crippen LogP contribution in [-0.2, 0) is 5.41 Å². The van der Waals surface area contributed by atoms with Gasteiger partial charge in [0.25, 0.3) is 0 Å². The summed E-state index contributed by atoms with van der Waals surface area (Å²) in [7, 11) is 0. The minimum atomic E-state index is -0.00350. The number of benzene rings is 1. The molecule has 0 aliphatic carbocycles. The number of hydrogen-bond acceptors (Lipinski definition) is 2. The van der Waals surface area contributed by atoms with Crippen LogP contribution in [0.25, 0.3) is 10.9 Å². The van der Waals surface area contributed by atoms with Gasteiger partial charge in [-0.05, 0) is 24.3 Å². The van der Waals surface area contributed by atoms with Crippen molar-refractivity contribution >= 4 is 10.9 Å². The van der Waals surface area contributed by atoms with Crippen LogP contribution < -0.4 is 0 Å². The molecule has 1 N–H and O–H groups in total. The van der Waals surface area contributed by atoms with Crippen LogP contribution in [0.1, 0.15) is 26.5 Å². The summed E-state index contributed by atoms with van der Waals surface area (Å²) >= 11 is 0. The second kappa shape index (κ2) is 3.23. The standard InChI is InChI=1S/C13H14NO/c1-13(2,3)11-8-7-9-5-4-6-10(15)12(9)14-11/h4,6-8,15H,1-3H3. The van der Waals surface area contributed by atoms with Gasteiger partial charge in [-0.2, -0.15) is 0 Å². The molecule has 0 unspecified atom stereocenters. The minimum Gasteiger partial charge on any atom is -0.506 e. The first-order valence-electron chi connectivity index (χ1n) is 4.99. The van der Waals surface area contributed by atoms with Crippen molar-refractivity contribution in [2.75, 3.05) is 0 Å². The fraction of sp³-hybridized carbons (Fsp3) is 0.308. The van der Waals surface area contributed by atoms with Gasteiger partial charge in [0.1, 0.15) is 11.3 Å². The summed E-state index contributed by atoms with van der Waals surface area (Å²) in [6.07, 6.45) is 0. The quantitative estimate of drug-likeness (QED) is 0.709. The number of fused-ring (bicyclic) bond motifs is 1. The van der Waals surface area contributed by atoms with Crippen molar-refractivity contribution in [1.29, 1.82) is 0 Å². The Morgan fingerprint density at radius 2 is 1.93 bits per heavy atom. The Kier molecular flexibility index (Phi) is 2.14. The molecule has 1 radical (unpaired) electrons. The van der Waals surface area contributed by atoms with Crippen LogP contribution in [0.4, 0.5) is 0 Å². The van der Waals surface area contributed by atoms with Crippen molar-refractivity contribution in [2.45, 2.75) is 26.2 Å². The monoisotopic (exact) mass is 200 g/mol. The van der Waals surface area contributed by atoms with Crippen LogP contribution in [0, 0.1) is 6.07 Å². The topological polar surface area (TPSA) is 33.1 Å². The molecule has 0 atom stereocenters. The lowest BCUT2D eigenvalue weighted by atomic mass is 9.91. The third-order valence-corrected chi connectivity index (χ3v) is 2.39. The van der Waals surface area contributed by atoms with Gasteiger partial charge in [-0.25, -0.2) is 4.98 Å². The van der Waals surface area contributed by atoms with Crippen molar-refractivity contribution in [3.05, 3.63) is 36.0 Å². The molecule has 1 aromatic heterocycles. The van der Waals surface area contributed by atoms with Gasteiger partial charge in [0.05, 0.1) is 0 Å². The maximum atomic E-state index is 9.68. The van der Waals surface area contributed by atoms with E-state index in [9.17, 15) is 5.11 Å². The Bertz CT molecular complexity index is 497. The number of nitrogens with zero attached hydrogens (tertiary/aromatic N) is 1. The van der Waals surface area contributed by atoms with E-state index < -0.39 is 0 Å². The second-order valence-corrected chi connectivity index (χ2v) is 4.71. The van der Waals surface area contributed by atoms with Gasteiger partial charge in [-0.15, -0.1) is 0 Å². The van der Waals surface area contributed by atoms with E-state index in [0.717, 1.165) is 11.1 Å². The second-order valence-electron chi connectivity index (χ2n) is 4.71. The molecular formula is C13H14NO. The van der Waals surface area contributed by atoms with Crippen LogP contribution in [0.3, 0.4) is 0 Å². The Labute approximate surface area is 89.6 Å². The summed E-state index contributed by atoms with van der Waals surface area (Å²) < 4.78 is 0. The van der Waals surface area contributed by atoms with Crippen molar-refractivity contribution in [3.63, 3.8) is 0 Å². The highest BCUT2D eigenvalue weighted by molar-refractivity contribution is 5.83. The van der Waals surface area contributed by atoms with Crippen LogP contribution >= 0.6 is 0 Å². The van der Waals surface area contributed by atoms with Crippen LogP contribution in [-0.4, -0.2) is 10.1 Å². The number of rotatable bonds is 0. The molecule has 0 saturated carbocycles. The highest BCUT2D eigenvalue weighted by atomic mass is 16.3. The summed E-state index contributed by atoms with van der Waals surface area (Å²) in [6.45, 7) is 6.31. The summed E-state index contributed by atoms with van der Waals surface area (Å²) in [6, 6.07) is 10.3. The maximum Gasteiger partial charge on any atom is 0.141 e. The van der Waals surface area contributed by atoms with E-state index in [0.29, 0.717) is 5.52 Å². The summed E-state index contributed by atoms with van der Waals surface area (Å²) in [4.78, 5) is 4.46. The van der Waals surface area contributed by atoms with Gasteiger partial charge < -0.3 is 5.11 Å². The number of phenols is 1. The number of hydrogen-bond donors (Lipinski definition) is 1. The van der Waals surface area contributed by atoms with Crippen molar-refractivity contribution in [2.24, 2.45) is 0 Å². The highest BCUT2D eigenvalue weighted by Crippen LogP contribution is 2.26. The van der Waals surface area contributed by atoms with Gasteiger partial charge in [0.2, 0.25) is 0 Å². The zero-order valence-electron chi connectivity index (χ0n) is 9.20. The molecule has 2 aromatic rings. The third-order valence-electron chi connectivity index (χ3n) is 2.39. The summed E-state index contributed by atoms with van der Waals surface area (Å²) in [5, 5.41) is 10.5. The van der Waals surface area contributed by atoms with Gasteiger partial charge in [0.15, 0.2) is 0 Å². The normalized spacial score (nSPS) is 11.9. The van der Waals surface area contributed by atoms with Crippen molar-refractivity contribution in [1.82, 2.24) is 4.98 Å². The van der Waals surface area contributed by atoms with E-state index in [-0.39, 0.29) is 11.2 Å². The molecule has 0 fully saturated rings. The molecule has 2 rings (SSSR count). The average molecular weight is 200 g/mol. The first-order chi connectivity index (χ1) is 6.98. The minimum absolute atomic E-state index is 0.00350. The molecule has 0 aliphatic heterocycles. The molecule has 0 aliphatic rings. The molecule has 2 nitrogen and oxygen atoms in total. The largest absolute Gasteiger partial charge is 0.506 e. The molecule has 0 saturated heterocycles. The van der Waals surface area contributed by atoms with E-state index in [1.165, 1.54) is 0 Å². The Morgan fingerprint density at radius 3 is 2.60 bits per heavy atom. The molecule has 1 heterocycles. The van der Waals surface area contributed by atoms with Gasteiger partial charge in [-0.3, -0.25) is 0 Å². The average Bonchev–Trinajstić information content (AvgIpc) is 2.16. The predicted molar refractivity (Wildman–Crippen MR) is 60.9 cm³/mol. The lowest BCUT2D eigenvalue weighted by molar-refractivity contribution is 0.479. The molecule has 2 heteroatoms. The maximum absolute atomic E-state index is 9.68. The molecule has 15 heavy (non-hydrogen) atoms. The molecular weight excluding hydrogens is 186 g/mol. The first kappa shape index (κ1) is 9.97. The molecule has 77 valence electrons. The fourth-order valence-corrected chi connectivity index (χ4v) is 1.48. The number of aromatic hydroxyl groups is 1. The first-order valence-corrected chi connectivity index (χ1v) is 4.99. The molecule has 0 amide bonds. The zero-order chi connectivity index (χ0) is 11.1. The van der Waals surface area contributed by atoms with E-state index in [4.69, 9.17) is 0 Å². The van der Waals surface area contributed by atoms with E-state index in [1.807, 2.05) is 12.1 Å². The SMILES string of the molecule is CC(C)(C)c1ccc2[c]ccc(O)c2n1. The highest BCUT2D eigenvalue weighted by Gasteiger charge is 2.16. The Hall–Kier alpha value is -1.57. The predicted octanol–water partition coefficient (Wildman–Crippen LogP) is 3.04. The van der Waals surface area contributed by atoms with Crippen LogP contribution in [0.15, 0.2) is 24.3 Å². The van der Waals surface area contributed by atoms with Crippen molar-refractivity contribution < 1.29 is 5.11 Å². The summed E-state index contributed by atoms with van der Waals surface area (Å²) in [5.41, 5.74) is 1.60. The fourth-order valence-electron chi connectivity index (χ4n) is 1.48. The lowest BCUT2D eigenvalue weighted by Crippen LogP contribution is -2.13. The smallest absolute Gasteiger partial charge is 0.141 e.